The van der Waals surface area contributed by atoms with Gasteiger partial charge in [-0.1, -0.05) is 5.21 Å². The highest BCUT2D eigenvalue weighted by Crippen LogP contribution is 2.13. The highest BCUT2D eigenvalue weighted by Gasteiger charge is 2.08. The number of benzene rings is 1. The van der Waals surface area contributed by atoms with Crippen molar-refractivity contribution < 1.29 is 18.7 Å². The summed E-state index contributed by atoms with van der Waals surface area (Å²) in [4.78, 5) is 11.7. The predicted molar refractivity (Wildman–Crippen MR) is 70.4 cm³/mol. The van der Waals surface area contributed by atoms with Gasteiger partial charge in [-0.2, -0.15) is 0 Å². The number of carbonyl (C=O) groups is 1. The van der Waals surface area contributed by atoms with E-state index in [4.69, 9.17) is 5.11 Å². The fraction of sp³-hybridized carbons (Fsp3) is 0.308. The second-order valence-corrected chi connectivity index (χ2v) is 4.41. The molecule has 2 aromatic rings. The molecule has 0 aliphatic carbocycles. The quantitative estimate of drug-likeness (QED) is 0.837. The minimum Gasteiger partial charge on any atom is -0.396 e. The molecular weight excluding hydrogens is 282 g/mol. The summed E-state index contributed by atoms with van der Waals surface area (Å²) >= 11 is 0. The standard InChI is InChI=1S/C13H14F2N4O2/c14-11-4-3-9(6-12(11)15)16-13(21)8-19-7-10(17-18-19)2-1-5-20/h3-4,6-7,20H,1-2,5,8H2,(H,16,21). The molecule has 8 heteroatoms. The van der Waals surface area contributed by atoms with Crippen LogP contribution in [0.4, 0.5) is 14.5 Å². The van der Waals surface area contributed by atoms with E-state index in [9.17, 15) is 13.6 Å². The number of aliphatic hydroxyl groups excluding tert-OH is 1. The van der Waals surface area contributed by atoms with Crippen LogP contribution < -0.4 is 5.32 Å². The van der Waals surface area contributed by atoms with Crippen molar-refractivity contribution in [1.29, 1.82) is 0 Å². The molecule has 0 fully saturated rings. The number of nitrogens with zero attached hydrogens (tertiary/aromatic N) is 3. The van der Waals surface area contributed by atoms with Crippen molar-refractivity contribution in [3.05, 3.63) is 41.7 Å². The first-order valence-electron chi connectivity index (χ1n) is 6.33. The van der Waals surface area contributed by atoms with Crippen LogP contribution >= 0.6 is 0 Å². The Kier molecular flexibility index (Phi) is 4.94. The molecule has 2 N–H and O–H groups in total. The average Bonchev–Trinajstić information content (AvgIpc) is 2.88. The molecule has 0 saturated heterocycles. The van der Waals surface area contributed by atoms with Gasteiger partial charge >= 0.3 is 0 Å². The van der Waals surface area contributed by atoms with Crippen LogP contribution in [0.5, 0.6) is 0 Å². The number of aliphatic hydroxyl groups is 1. The first-order chi connectivity index (χ1) is 10.1. The van der Waals surface area contributed by atoms with Gasteiger partial charge < -0.3 is 10.4 Å². The first-order valence-corrected chi connectivity index (χ1v) is 6.33. The van der Waals surface area contributed by atoms with Crippen molar-refractivity contribution >= 4 is 11.6 Å². The Hall–Kier alpha value is -2.35. The number of halogens is 2. The molecule has 21 heavy (non-hydrogen) atoms. The summed E-state index contributed by atoms with van der Waals surface area (Å²) in [6.45, 7) is -0.0331. The molecule has 112 valence electrons. The Morgan fingerprint density at radius 2 is 2.14 bits per heavy atom. The van der Waals surface area contributed by atoms with Crippen LogP contribution in [-0.2, 0) is 17.8 Å². The van der Waals surface area contributed by atoms with Crippen LogP contribution in [0.25, 0.3) is 0 Å². The minimum absolute atomic E-state index is 0.0590. The summed E-state index contributed by atoms with van der Waals surface area (Å²) in [5, 5.41) is 18.8. The van der Waals surface area contributed by atoms with Gasteiger partial charge in [0.1, 0.15) is 6.54 Å². The van der Waals surface area contributed by atoms with Gasteiger partial charge in [0, 0.05) is 24.6 Å². The lowest BCUT2D eigenvalue weighted by molar-refractivity contribution is -0.116. The Morgan fingerprint density at radius 3 is 2.86 bits per heavy atom. The third-order valence-corrected chi connectivity index (χ3v) is 2.69. The number of hydrogen-bond acceptors (Lipinski definition) is 4. The third-order valence-electron chi connectivity index (χ3n) is 2.69. The van der Waals surface area contributed by atoms with Gasteiger partial charge in [-0.25, -0.2) is 13.5 Å². The average molecular weight is 296 g/mol. The van der Waals surface area contributed by atoms with E-state index in [1.54, 1.807) is 6.20 Å². The van der Waals surface area contributed by atoms with E-state index in [1.165, 1.54) is 10.7 Å². The first kappa shape index (κ1) is 15.0. The maximum absolute atomic E-state index is 13.0. The molecule has 2 rings (SSSR count). The van der Waals surface area contributed by atoms with Gasteiger partial charge in [-0.15, -0.1) is 5.10 Å². The zero-order valence-electron chi connectivity index (χ0n) is 11.1. The third kappa shape index (κ3) is 4.32. The van der Waals surface area contributed by atoms with E-state index < -0.39 is 17.5 Å². The monoisotopic (exact) mass is 296 g/mol. The lowest BCUT2D eigenvalue weighted by atomic mass is 10.2. The van der Waals surface area contributed by atoms with Crippen molar-refractivity contribution in [3.63, 3.8) is 0 Å². The molecule has 1 aromatic carbocycles. The molecule has 0 spiro atoms. The van der Waals surface area contributed by atoms with E-state index in [0.717, 1.165) is 12.1 Å². The second kappa shape index (κ2) is 6.89. The smallest absolute Gasteiger partial charge is 0.246 e. The van der Waals surface area contributed by atoms with E-state index in [2.05, 4.69) is 15.6 Å². The van der Waals surface area contributed by atoms with Crippen molar-refractivity contribution in [2.24, 2.45) is 0 Å². The summed E-state index contributed by atoms with van der Waals surface area (Å²) in [5.41, 5.74) is 0.837. The summed E-state index contributed by atoms with van der Waals surface area (Å²) in [7, 11) is 0. The Bertz CT molecular complexity index is 630. The molecular formula is C13H14F2N4O2. The van der Waals surface area contributed by atoms with Crippen molar-refractivity contribution in [3.8, 4) is 0 Å². The van der Waals surface area contributed by atoms with Crippen LogP contribution in [0.2, 0.25) is 0 Å². The maximum atomic E-state index is 13.0. The minimum atomic E-state index is -1.03. The topological polar surface area (TPSA) is 80.0 Å². The van der Waals surface area contributed by atoms with Gasteiger partial charge in [0.2, 0.25) is 5.91 Å². The molecule has 0 bridgehead atoms. The van der Waals surface area contributed by atoms with Gasteiger partial charge in [-0.3, -0.25) is 4.79 Å². The zero-order valence-corrected chi connectivity index (χ0v) is 11.1. The van der Waals surface area contributed by atoms with E-state index in [1.807, 2.05) is 0 Å². The van der Waals surface area contributed by atoms with Gasteiger partial charge in [0.25, 0.3) is 0 Å². The number of aryl methyl sites for hydroxylation is 1. The van der Waals surface area contributed by atoms with E-state index >= 15 is 0 Å². The summed E-state index contributed by atoms with van der Waals surface area (Å²) in [6, 6.07) is 3.11. The molecule has 0 unspecified atom stereocenters. The lowest BCUT2D eigenvalue weighted by Gasteiger charge is -2.05. The Morgan fingerprint density at radius 1 is 1.33 bits per heavy atom. The van der Waals surface area contributed by atoms with Crippen LogP contribution in [0.15, 0.2) is 24.4 Å². The van der Waals surface area contributed by atoms with Crippen molar-refractivity contribution in [2.75, 3.05) is 11.9 Å². The van der Waals surface area contributed by atoms with Gasteiger partial charge in [0.15, 0.2) is 11.6 Å². The highest BCUT2D eigenvalue weighted by molar-refractivity contribution is 5.90. The van der Waals surface area contributed by atoms with E-state index in [0.29, 0.717) is 18.5 Å². The molecule has 1 heterocycles. The molecule has 0 atom stereocenters. The van der Waals surface area contributed by atoms with Crippen molar-refractivity contribution in [2.45, 2.75) is 19.4 Å². The van der Waals surface area contributed by atoms with E-state index in [-0.39, 0.29) is 18.8 Å². The SMILES string of the molecule is O=C(Cn1cc(CCCO)nn1)Nc1ccc(F)c(F)c1. The summed E-state index contributed by atoms with van der Waals surface area (Å²) in [6.07, 6.45) is 2.74. The van der Waals surface area contributed by atoms with Gasteiger partial charge in [0.05, 0.1) is 5.69 Å². The number of amides is 1. The predicted octanol–water partition coefficient (Wildman–Crippen LogP) is 1.12. The highest BCUT2D eigenvalue weighted by atomic mass is 19.2. The normalized spacial score (nSPS) is 10.6. The summed E-state index contributed by atoms with van der Waals surface area (Å²) in [5.74, 6) is -2.43. The largest absolute Gasteiger partial charge is 0.396 e. The lowest BCUT2D eigenvalue weighted by Crippen LogP contribution is -2.19. The second-order valence-electron chi connectivity index (χ2n) is 4.41. The van der Waals surface area contributed by atoms with Crippen LogP contribution in [-0.4, -0.2) is 32.6 Å². The number of rotatable bonds is 6. The maximum Gasteiger partial charge on any atom is 0.246 e. The molecule has 6 nitrogen and oxygen atoms in total. The van der Waals surface area contributed by atoms with Gasteiger partial charge in [-0.05, 0) is 25.0 Å². The molecule has 0 saturated carbocycles. The molecule has 0 aliphatic heterocycles. The molecule has 0 radical (unpaired) electrons. The van der Waals surface area contributed by atoms with Crippen molar-refractivity contribution in [1.82, 2.24) is 15.0 Å². The molecule has 1 aromatic heterocycles. The van der Waals surface area contributed by atoms with Crippen LogP contribution in [0.3, 0.4) is 0 Å². The Balaban J connectivity index is 1.91. The molecule has 1 amide bonds. The summed E-state index contributed by atoms with van der Waals surface area (Å²) < 4.78 is 27.1. The number of nitrogens with one attached hydrogen (secondary N) is 1. The number of hydrogen-bond donors (Lipinski definition) is 2. The molecule has 0 aliphatic rings. The zero-order chi connectivity index (χ0) is 15.2. The number of carbonyl (C=O) groups excluding carboxylic acids is 1. The fourth-order valence-electron chi connectivity index (χ4n) is 1.71. The van der Waals surface area contributed by atoms with Crippen LogP contribution in [0.1, 0.15) is 12.1 Å². The Labute approximate surface area is 119 Å². The number of anilines is 1. The van der Waals surface area contributed by atoms with Crippen LogP contribution in [0, 0.1) is 11.6 Å². The number of aromatic nitrogens is 3. The fourth-order valence-corrected chi connectivity index (χ4v) is 1.71.